The Balaban J connectivity index is 2.61. The third-order valence-corrected chi connectivity index (χ3v) is 3.35. The van der Waals surface area contributed by atoms with E-state index in [4.69, 9.17) is 0 Å². The van der Waals surface area contributed by atoms with E-state index in [1.54, 1.807) is 0 Å². The Morgan fingerprint density at radius 1 is 0.895 bits per heavy atom. The molecule has 1 heterocycles. The van der Waals surface area contributed by atoms with E-state index < -0.39 is 0 Å². The van der Waals surface area contributed by atoms with Gasteiger partial charge in [-0.15, -0.1) is 0 Å². The maximum Gasteiger partial charge on any atom is 0.126 e. The molecule has 1 aromatic heterocycles. The quantitative estimate of drug-likeness (QED) is 0.755. The topological polar surface area (TPSA) is 25.8 Å². The van der Waals surface area contributed by atoms with Crippen LogP contribution < -0.4 is 0 Å². The Labute approximate surface area is 115 Å². The molecular weight excluding hydrogens is 232 g/mol. The highest BCUT2D eigenvalue weighted by Crippen LogP contribution is 2.29. The lowest BCUT2D eigenvalue weighted by molar-refractivity contribution is 0.590. The number of nitrogens with zero attached hydrogens (tertiary/aromatic N) is 2. The fourth-order valence-electron chi connectivity index (χ4n) is 2.22. The number of aromatic nitrogens is 2. The Hall–Kier alpha value is -1.70. The molecule has 0 amide bonds. The first kappa shape index (κ1) is 13.7. The summed E-state index contributed by atoms with van der Waals surface area (Å²) in [5.41, 5.74) is 5.99. The van der Waals surface area contributed by atoms with Crippen LogP contribution in [0.3, 0.4) is 0 Å². The monoisotopic (exact) mass is 254 g/mol. The van der Waals surface area contributed by atoms with Gasteiger partial charge in [-0.1, -0.05) is 32.9 Å². The second-order valence-corrected chi connectivity index (χ2v) is 6.22. The molecule has 0 N–H and O–H groups in total. The summed E-state index contributed by atoms with van der Waals surface area (Å²) in [6.07, 6.45) is 0. The number of hydrogen-bond donors (Lipinski definition) is 0. The minimum absolute atomic E-state index is 0.152. The fourth-order valence-corrected chi connectivity index (χ4v) is 2.22. The van der Waals surface area contributed by atoms with E-state index in [0.29, 0.717) is 0 Å². The van der Waals surface area contributed by atoms with E-state index in [2.05, 4.69) is 61.9 Å². The lowest BCUT2D eigenvalue weighted by Crippen LogP contribution is -2.11. The summed E-state index contributed by atoms with van der Waals surface area (Å²) in [6.45, 7) is 12.8. The maximum absolute atomic E-state index is 4.58. The van der Waals surface area contributed by atoms with E-state index in [9.17, 15) is 0 Å². The van der Waals surface area contributed by atoms with Crippen LogP contribution in [0.1, 0.15) is 43.4 Å². The number of aryl methyl sites for hydroxylation is 3. The smallest absolute Gasteiger partial charge is 0.126 e. The highest BCUT2D eigenvalue weighted by atomic mass is 14.9. The van der Waals surface area contributed by atoms with Crippen molar-refractivity contribution in [3.63, 3.8) is 0 Å². The molecule has 0 unspecified atom stereocenters. The van der Waals surface area contributed by atoms with Gasteiger partial charge in [0.2, 0.25) is 0 Å². The van der Waals surface area contributed by atoms with Gasteiger partial charge in [0.15, 0.2) is 0 Å². The first-order valence-corrected chi connectivity index (χ1v) is 6.71. The predicted molar refractivity (Wildman–Crippen MR) is 80.4 cm³/mol. The molecule has 0 aliphatic carbocycles. The van der Waals surface area contributed by atoms with Crippen LogP contribution in [0.25, 0.3) is 11.3 Å². The Kier molecular flexibility index (Phi) is 3.44. The standard InChI is InChI=1S/C17H22N2/c1-11-7-8-14(17(4,5)6)10-15(11)16-9-12(2)18-13(3)19-16/h7-10H,1-6H3. The zero-order valence-corrected chi connectivity index (χ0v) is 12.7. The summed E-state index contributed by atoms with van der Waals surface area (Å²) >= 11 is 0. The molecule has 2 nitrogen and oxygen atoms in total. The fraction of sp³-hybridized carbons (Fsp3) is 0.412. The Morgan fingerprint density at radius 2 is 1.58 bits per heavy atom. The Morgan fingerprint density at radius 3 is 2.16 bits per heavy atom. The summed E-state index contributed by atoms with van der Waals surface area (Å²) in [7, 11) is 0. The van der Waals surface area contributed by atoms with E-state index in [0.717, 1.165) is 17.2 Å². The second kappa shape index (κ2) is 4.76. The van der Waals surface area contributed by atoms with Gasteiger partial charge in [-0.2, -0.15) is 0 Å². The van der Waals surface area contributed by atoms with E-state index in [1.165, 1.54) is 16.7 Å². The number of benzene rings is 1. The maximum atomic E-state index is 4.58. The van der Waals surface area contributed by atoms with Crippen LogP contribution in [0.5, 0.6) is 0 Å². The van der Waals surface area contributed by atoms with Crippen molar-refractivity contribution >= 4 is 0 Å². The molecule has 0 aliphatic heterocycles. The average molecular weight is 254 g/mol. The molecule has 1 aromatic carbocycles. The van der Waals surface area contributed by atoms with Gasteiger partial charge in [0.05, 0.1) is 5.69 Å². The highest BCUT2D eigenvalue weighted by molar-refractivity contribution is 5.65. The molecule has 2 rings (SSSR count). The molecule has 0 aliphatic rings. The van der Waals surface area contributed by atoms with Crippen LogP contribution in [0, 0.1) is 20.8 Å². The molecule has 0 saturated heterocycles. The molecule has 0 radical (unpaired) electrons. The third-order valence-electron chi connectivity index (χ3n) is 3.35. The van der Waals surface area contributed by atoms with Crippen molar-refractivity contribution in [2.24, 2.45) is 0 Å². The molecule has 0 bridgehead atoms. The minimum Gasteiger partial charge on any atom is -0.239 e. The molecule has 100 valence electrons. The summed E-state index contributed by atoms with van der Waals surface area (Å²) in [5, 5.41) is 0. The molecule has 2 aromatic rings. The minimum atomic E-state index is 0.152. The van der Waals surface area contributed by atoms with Gasteiger partial charge in [-0.3, -0.25) is 0 Å². The summed E-state index contributed by atoms with van der Waals surface area (Å²) in [6, 6.07) is 8.71. The van der Waals surface area contributed by atoms with Crippen LogP contribution in [0.15, 0.2) is 24.3 Å². The molecular formula is C17H22N2. The van der Waals surface area contributed by atoms with Crippen LogP contribution in [-0.2, 0) is 5.41 Å². The van der Waals surface area contributed by atoms with Gasteiger partial charge in [0, 0.05) is 11.3 Å². The highest BCUT2D eigenvalue weighted by Gasteiger charge is 2.16. The van der Waals surface area contributed by atoms with E-state index in [1.807, 2.05) is 13.8 Å². The van der Waals surface area contributed by atoms with E-state index in [-0.39, 0.29) is 5.41 Å². The molecule has 19 heavy (non-hydrogen) atoms. The largest absolute Gasteiger partial charge is 0.239 e. The number of hydrogen-bond acceptors (Lipinski definition) is 2. The van der Waals surface area contributed by atoms with Crippen molar-refractivity contribution in [3.05, 3.63) is 46.9 Å². The molecule has 0 saturated carbocycles. The number of rotatable bonds is 1. The zero-order valence-electron chi connectivity index (χ0n) is 12.7. The van der Waals surface area contributed by atoms with Gasteiger partial charge in [0.1, 0.15) is 5.82 Å². The second-order valence-electron chi connectivity index (χ2n) is 6.22. The molecule has 2 heteroatoms. The van der Waals surface area contributed by atoms with Crippen molar-refractivity contribution in [2.75, 3.05) is 0 Å². The van der Waals surface area contributed by atoms with Crippen molar-refractivity contribution in [3.8, 4) is 11.3 Å². The van der Waals surface area contributed by atoms with Crippen molar-refractivity contribution in [1.29, 1.82) is 0 Å². The van der Waals surface area contributed by atoms with Crippen LogP contribution in [0.4, 0.5) is 0 Å². The normalized spacial score (nSPS) is 11.7. The zero-order chi connectivity index (χ0) is 14.2. The molecule has 0 fully saturated rings. The Bertz CT molecular complexity index is 587. The van der Waals surface area contributed by atoms with Crippen molar-refractivity contribution in [1.82, 2.24) is 9.97 Å². The van der Waals surface area contributed by atoms with Crippen molar-refractivity contribution < 1.29 is 0 Å². The van der Waals surface area contributed by atoms with Gasteiger partial charge in [0.25, 0.3) is 0 Å². The van der Waals surface area contributed by atoms with Gasteiger partial charge >= 0.3 is 0 Å². The summed E-state index contributed by atoms with van der Waals surface area (Å²) in [4.78, 5) is 8.93. The van der Waals surface area contributed by atoms with Crippen molar-refractivity contribution in [2.45, 2.75) is 47.0 Å². The average Bonchev–Trinajstić information content (AvgIpc) is 2.26. The lowest BCUT2D eigenvalue weighted by atomic mass is 9.85. The van der Waals surface area contributed by atoms with Gasteiger partial charge in [-0.05, 0) is 49.4 Å². The van der Waals surface area contributed by atoms with E-state index >= 15 is 0 Å². The SMILES string of the molecule is Cc1cc(-c2cc(C(C)(C)C)ccc2C)nc(C)n1. The third kappa shape index (κ3) is 3.01. The lowest BCUT2D eigenvalue weighted by Gasteiger charge is -2.20. The van der Waals surface area contributed by atoms with Crippen LogP contribution in [-0.4, -0.2) is 9.97 Å². The molecule has 0 atom stereocenters. The summed E-state index contributed by atoms with van der Waals surface area (Å²) in [5.74, 6) is 0.829. The van der Waals surface area contributed by atoms with Gasteiger partial charge in [-0.25, -0.2) is 9.97 Å². The van der Waals surface area contributed by atoms with Crippen LogP contribution >= 0.6 is 0 Å². The summed E-state index contributed by atoms with van der Waals surface area (Å²) < 4.78 is 0. The first-order valence-electron chi connectivity index (χ1n) is 6.71. The van der Waals surface area contributed by atoms with Gasteiger partial charge < -0.3 is 0 Å². The predicted octanol–water partition coefficient (Wildman–Crippen LogP) is 4.37. The van der Waals surface area contributed by atoms with Crippen LogP contribution in [0.2, 0.25) is 0 Å². The first-order chi connectivity index (χ1) is 8.77. The molecule has 0 spiro atoms.